The van der Waals surface area contributed by atoms with Crippen LogP contribution in [0.1, 0.15) is 25.0 Å². The predicted octanol–water partition coefficient (Wildman–Crippen LogP) is 4.48. The van der Waals surface area contributed by atoms with E-state index in [4.69, 9.17) is 0 Å². The third-order valence-electron chi connectivity index (χ3n) is 6.22. The Kier molecular flexibility index (Phi) is 7.13. The van der Waals surface area contributed by atoms with Gasteiger partial charge in [0.1, 0.15) is 0 Å². The number of carbonyl (C=O) groups excluding carboxylic acids is 2. The molecule has 0 saturated carbocycles. The molecule has 0 aromatic heterocycles. The van der Waals surface area contributed by atoms with Gasteiger partial charge in [0.05, 0.1) is 33.9 Å². The molecule has 3 aromatic carbocycles. The first-order valence-electron chi connectivity index (χ1n) is 12.4. The number of rotatable bonds is 8. The Bertz CT molecular complexity index is 1370. The standard InChI is InChI=1S/C30H28N6O2/c1-21-27(29(37)35(33-21)25-12-5-3-6-13-25)19-31-17-23-10-9-11-24(16-23)18-32-20-28-22(2)34-36(30(28)38)26-14-7-4-8-15-26/h3-16,19-20,31-32H,17-18H2,1-2H3/b27-19-,28-20-. The summed E-state index contributed by atoms with van der Waals surface area (Å²) in [6.07, 6.45) is 3.46. The molecule has 2 aliphatic heterocycles. The third kappa shape index (κ3) is 5.24. The van der Waals surface area contributed by atoms with Gasteiger partial charge in [-0.1, -0.05) is 60.7 Å². The van der Waals surface area contributed by atoms with Crippen molar-refractivity contribution in [1.29, 1.82) is 0 Å². The first-order valence-corrected chi connectivity index (χ1v) is 12.4. The molecule has 0 radical (unpaired) electrons. The van der Waals surface area contributed by atoms with Crippen LogP contribution >= 0.6 is 0 Å². The fourth-order valence-corrected chi connectivity index (χ4v) is 4.25. The summed E-state index contributed by atoms with van der Waals surface area (Å²) in [6, 6.07) is 26.9. The molecular formula is C30H28N6O2. The van der Waals surface area contributed by atoms with Crippen molar-refractivity contribution in [3.63, 3.8) is 0 Å². The van der Waals surface area contributed by atoms with Crippen LogP contribution in [-0.2, 0) is 22.7 Å². The van der Waals surface area contributed by atoms with Crippen LogP contribution in [0.15, 0.2) is 119 Å². The number of benzene rings is 3. The van der Waals surface area contributed by atoms with Crippen LogP contribution in [0.3, 0.4) is 0 Å². The summed E-state index contributed by atoms with van der Waals surface area (Å²) in [7, 11) is 0. The number of nitrogens with one attached hydrogen (secondary N) is 2. The molecule has 5 rings (SSSR count). The highest BCUT2D eigenvalue weighted by Crippen LogP contribution is 2.24. The molecule has 0 aliphatic carbocycles. The van der Waals surface area contributed by atoms with Crippen LogP contribution in [0.5, 0.6) is 0 Å². The normalized spacial score (nSPS) is 17.3. The van der Waals surface area contributed by atoms with E-state index in [0.29, 0.717) is 35.7 Å². The van der Waals surface area contributed by atoms with Crippen molar-refractivity contribution >= 4 is 34.6 Å². The van der Waals surface area contributed by atoms with E-state index in [0.717, 1.165) is 22.5 Å². The molecule has 190 valence electrons. The zero-order valence-corrected chi connectivity index (χ0v) is 21.3. The summed E-state index contributed by atoms with van der Waals surface area (Å²) in [5.41, 5.74) is 6.04. The molecule has 38 heavy (non-hydrogen) atoms. The SMILES string of the molecule is CC1=NN(c2ccccc2)C(=O)/C1=C\NCc1cccc(CN/C=C2\C(=O)N(c3ccccc3)N=C2C)c1. The van der Waals surface area contributed by atoms with Gasteiger partial charge in [-0.15, -0.1) is 0 Å². The highest BCUT2D eigenvalue weighted by atomic mass is 16.2. The Balaban J connectivity index is 1.17. The van der Waals surface area contributed by atoms with Crippen LogP contribution in [-0.4, -0.2) is 23.2 Å². The molecule has 0 spiro atoms. The average molecular weight is 505 g/mol. The summed E-state index contributed by atoms with van der Waals surface area (Å²) in [4.78, 5) is 25.7. The fourth-order valence-electron chi connectivity index (χ4n) is 4.25. The molecule has 2 aliphatic rings. The summed E-state index contributed by atoms with van der Waals surface area (Å²) < 4.78 is 0. The Morgan fingerprint density at radius 2 is 1.05 bits per heavy atom. The summed E-state index contributed by atoms with van der Waals surface area (Å²) in [5, 5.41) is 18.1. The molecule has 8 nitrogen and oxygen atoms in total. The molecular weight excluding hydrogens is 476 g/mol. The molecule has 2 heterocycles. The van der Waals surface area contributed by atoms with E-state index in [1.807, 2.05) is 92.7 Å². The van der Waals surface area contributed by atoms with Crippen LogP contribution < -0.4 is 20.7 Å². The Labute approximate surface area is 221 Å². The first-order chi connectivity index (χ1) is 18.5. The van der Waals surface area contributed by atoms with Crippen molar-refractivity contribution in [3.8, 4) is 0 Å². The fraction of sp³-hybridized carbons (Fsp3) is 0.133. The van der Waals surface area contributed by atoms with Gasteiger partial charge in [-0.25, -0.2) is 0 Å². The van der Waals surface area contributed by atoms with Crippen molar-refractivity contribution in [3.05, 3.63) is 120 Å². The van der Waals surface area contributed by atoms with Gasteiger partial charge in [-0.3, -0.25) is 9.59 Å². The van der Waals surface area contributed by atoms with E-state index < -0.39 is 0 Å². The van der Waals surface area contributed by atoms with Gasteiger partial charge in [-0.2, -0.15) is 20.2 Å². The molecule has 2 amide bonds. The lowest BCUT2D eigenvalue weighted by atomic mass is 10.1. The lowest BCUT2D eigenvalue weighted by Gasteiger charge is -2.11. The van der Waals surface area contributed by atoms with Crippen LogP contribution in [0.2, 0.25) is 0 Å². The maximum Gasteiger partial charge on any atom is 0.282 e. The zero-order chi connectivity index (χ0) is 26.5. The number of anilines is 2. The van der Waals surface area contributed by atoms with Crippen molar-refractivity contribution < 1.29 is 9.59 Å². The number of hydrogen-bond acceptors (Lipinski definition) is 6. The van der Waals surface area contributed by atoms with Gasteiger partial charge < -0.3 is 10.6 Å². The number of hydrogen-bond donors (Lipinski definition) is 2. The number of carbonyl (C=O) groups is 2. The van der Waals surface area contributed by atoms with E-state index in [1.54, 1.807) is 12.4 Å². The minimum absolute atomic E-state index is 0.154. The van der Waals surface area contributed by atoms with Crippen molar-refractivity contribution in [2.24, 2.45) is 10.2 Å². The average Bonchev–Trinajstić information content (AvgIpc) is 3.39. The monoisotopic (exact) mass is 504 g/mol. The Morgan fingerprint density at radius 3 is 1.47 bits per heavy atom. The quantitative estimate of drug-likeness (QED) is 0.443. The highest BCUT2D eigenvalue weighted by Gasteiger charge is 2.29. The van der Waals surface area contributed by atoms with E-state index in [9.17, 15) is 9.59 Å². The van der Waals surface area contributed by atoms with Crippen LogP contribution in [0.4, 0.5) is 11.4 Å². The van der Waals surface area contributed by atoms with Crippen LogP contribution in [0.25, 0.3) is 0 Å². The van der Waals surface area contributed by atoms with Gasteiger partial charge in [0.15, 0.2) is 0 Å². The van der Waals surface area contributed by atoms with Gasteiger partial charge >= 0.3 is 0 Å². The van der Waals surface area contributed by atoms with E-state index in [2.05, 4.69) is 26.9 Å². The second-order valence-electron chi connectivity index (χ2n) is 8.97. The van der Waals surface area contributed by atoms with Gasteiger partial charge in [0, 0.05) is 25.5 Å². The third-order valence-corrected chi connectivity index (χ3v) is 6.22. The summed E-state index contributed by atoms with van der Waals surface area (Å²) >= 11 is 0. The maximum atomic E-state index is 12.8. The molecule has 2 N–H and O–H groups in total. The largest absolute Gasteiger partial charge is 0.386 e. The molecule has 0 unspecified atom stereocenters. The molecule has 0 saturated heterocycles. The Morgan fingerprint density at radius 1 is 0.632 bits per heavy atom. The second-order valence-corrected chi connectivity index (χ2v) is 8.97. The number of nitrogens with zero attached hydrogens (tertiary/aromatic N) is 4. The predicted molar refractivity (Wildman–Crippen MR) is 150 cm³/mol. The molecule has 0 fully saturated rings. The number of para-hydroxylation sites is 2. The summed E-state index contributed by atoms with van der Waals surface area (Å²) in [5.74, 6) is -0.309. The molecule has 0 bridgehead atoms. The van der Waals surface area contributed by atoms with E-state index >= 15 is 0 Å². The Hall–Kier alpha value is -4.98. The van der Waals surface area contributed by atoms with Crippen molar-refractivity contribution in [2.45, 2.75) is 26.9 Å². The number of amides is 2. The van der Waals surface area contributed by atoms with Crippen molar-refractivity contribution in [1.82, 2.24) is 10.6 Å². The first kappa shape index (κ1) is 24.7. The minimum Gasteiger partial charge on any atom is -0.386 e. The molecule has 0 atom stereocenters. The minimum atomic E-state index is -0.154. The van der Waals surface area contributed by atoms with Gasteiger partial charge in [-0.05, 0) is 49.2 Å². The number of hydrazone groups is 2. The van der Waals surface area contributed by atoms with Crippen LogP contribution in [0, 0.1) is 0 Å². The lowest BCUT2D eigenvalue weighted by Crippen LogP contribution is -2.22. The maximum absolute atomic E-state index is 12.8. The smallest absolute Gasteiger partial charge is 0.282 e. The molecule has 8 heteroatoms. The second kappa shape index (κ2) is 11.0. The lowest BCUT2D eigenvalue weighted by molar-refractivity contribution is -0.115. The van der Waals surface area contributed by atoms with E-state index in [-0.39, 0.29) is 11.8 Å². The summed E-state index contributed by atoms with van der Waals surface area (Å²) in [6.45, 7) is 4.77. The zero-order valence-electron chi connectivity index (χ0n) is 21.3. The van der Waals surface area contributed by atoms with Gasteiger partial charge in [0.25, 0.3) is 11.8 Å². The molecule has 3 aromatic rings. The van der Waals surface area contributed by atoms with Crippen molar-refractivity contribution in [2.75, 3.05) is 10.0 Å². The highest BCUT2D eigenvalue weighted by molar-refractivity contribution is 6.30. The van der Waals surface area contributed by atoms with Gasteiger partial charge in [0.2, 0.25) is 0 Å². The topological polar surface area (TPSA) is 89.4 Å². The van der Waals surface area contributed by atoms with E-state index in [1.165, 1.54) is 10.0 Å².